The molecular formula is C16H21ClN2OS. The normalized spacial score (nSPS) is 17.8. The Morgan fingerprint density at radius 2 is 1.90 bits per heavy atom. The lowest BCUT2D eigenvalue weighted by atomic mass is 9.79. The van der Waals surface area contributed by atoms with Crippen LogP contribution in [0.5, 0.6) is 0 Å². The quantitative estimate of drug-likeness (QED) is 0.646. The predicted octanol–water partition coefficient (Wildman–Crippen LogP) is 4.21. The highest BCUT2D eigenvalue weighted by Gasteiger charge is 2.41. The molecule has 0 radical (unpaired) electrons. The molecule has 1 amide bonds. The van der Waals surface area contributed by atoms with E-state index in [0.717, 1.165) is 44.1 Å². The third-order valence-electron chi connectivity index (χ3n) is 4.24. The van der Waals surface area contributed by atoms with Crippen molar-refractivity contribution < 1.29 is 4.79 Å². The van der Waals surface area contributed by atoms with Crippen molar-refractivity contribution in [3.8, 4) is 0 Å². The summed E-state index contributed by atoms with van der Waals surface area (Å²) in [6, 6.07) is 5.57. The first-order valence-electron chi connectivity index (χ1n) is 7.33. The summed E-state index contributed by atoms with van der Waals surface area (Å²) < 4.78 is 0. The Morgan fingerprint density at radius 1 is 1.29 bits per heavy atom. The Kier molecular flexibility index (Phi) is 5.22. The van der Waals surface area contributed by atoms with E-state index in [1.807, 2.05) is 25.1 Å². The topological polar surface area (TPSA) is 55.1 Å². The smallest absolute Gasteiger partial charge is 0.237 e. The molecule has 5 heteroatoms. The zero-order valence-corrected chi connectivity index (χ0v) is 13.8. The fraction of sp³-hybridized carbons (Fsp3) is 0.500. The number of aryl methyl sites for hydroxylation is 1. The van der Waals surface area contributed by atoms with E-state index < -0.39 is 5.41 Å². The number of hydrogen-bond donors (Lipinski definition) is 2. The molecule has 0 unspecified atom stereocenters. The summed E-state index contributed by atoms with van der Waals surface area (Å²) in [6.07, 6.45) is 5.65. The molecular weight excluding hydrogens is 304 g/mol. The molecule has 0 heterocycles. The highest BCUT2D eigenvalue weighted by atomic mass is 35.5. The molecule has 3 nitrogen and oxygen atoms in total. The van der Waals surface area contributed by atoms with Crippen molar-refractivity contribution >= 4 is 40.4 Å². The third-order valence-corrected chi connectivity index (χ3v) is 4.94. The minimum atomic E-state index is -0.736. The van der Waals surface area contributed by atoms with Crippen LogP contribution < -0.4 is 11.1 Å². The van der Waals surface area contributed by atoms with Gasteiger partial charge in [-0.3, -0.25) is 4.79 Å². The number of carbonyl (C=O) groups excluding carboxylic acids is 1. The van der Waals surface area contributed by atoms with Crippen molar-refractivity contribution in [1.29, 1.82) is 0 Å². The van der Waals surface area contributed by atoms with E-state index in [9.17, 15) is 4.79 Å². The van der Waals surface area contributed by atoms with Crippen molar-refractivity contribution in [3.63, 3.8) is 0 Å². The largest absolute Gasteiger partial charge is 0.392 e. The lowest BCUT2D eigenvalue weighted by Gasteiger charge is -2.30. The van der Waals surface area contributed by atoms with Gasteiger partial charge in [0, 0.05) is 0 Å². The van der Waals surface area contributed by atoms with Gasteiger partial charge in [-0.25, -0.2) is 0 Å². The SMILES string of the molecule is Cc1ccc(NC(=O)C2(C(N)=S)CCCCCC2)c(Cl)c1. The molecule has 1 aromatic rings. The van der Waals surface area contributed by atoms with Gasteiger partial charge in [-0.2, -0.15) is 0 Å². The summed E-state index contributed by atoms with van der Waals surface area (Å²) in [5.41, 5.74) is 6.86. The molecule has 0 aromatic heterocycles. The van der Waals surface area contributed by atoms with Crippen molar-refractivity contribution in [3.05, 3.63) is 28.8 Å². The summed E-state index contributed by atoms with van der Waals surface area (Å²) >= 11 is 11.4. The van der Waals surface area contributed by atoms with Crippen LogP contribution in [0.1, 0.15) is 44.1 Å². The first-order valence-corrected chi connectivity index (χ1v) is 8.12. The van der Waals surface area contributed by atoms with E-state index in [0.29, 0.717) is 15.7 Å². The molecule has 0 aliphatic heterocycles. The number of carbonyl (C=O) groups is 1. The zero-order valence-electron chi connectivity index (χ0n) is 12.2. The van der Waals surface area contributed by atoms with Crippen LogP contribution in [-0.4, -0.2) is 10.9 Å². The third kappa shape index (κ3) is 3.55. The number of nitrogens with one attached hydrogen (secondary N) is 1. The molecule has 0 spiro atoms. The van der Waals surface area contributed by atoms with Gasteiger partial charge in [-0.05, 0) is 37.5 Å². The van der Waals surface area contributed by atoms with Gasteiger partial charge in [0.2, 0.25) is 5.91 Å². The fourth-order valence-corrected chi connectivity index (χ4v) is 3.46. The second kappa shape index (κ2) is 6.75. The van der Waals surface area contributed by atoms with E-state index in [2.05, 4.69) is 5.32 Å². The van der Waals surface area contributed by atoms with Crippen LogP contribution in [0.2, 0.25) is 5.02 Å². The molecule has 21 heavy (non-hydrogen) atoms. The van der Waals surface area contributed by atoms with Crippen molar-refractivity contribution in [2.45, 2.75) is 45.4 Å². The minimum absolute atomic E-state index is 0.123. The standard InChI is InChI=1S/C16H21ClN2OS/c1-11-6-7-13(12(17)10-11)19-15(20)16(14(18)21)8-4-2-3-5-9-16/h6-7,10H,2-5,8-9H2,1H3,(H2,18,21)(H,19,20). The molecule has 114 valence electrons. The highest BCUT2D eigenvalue weighted by Crippen LogP contribution is 2.37. The second-order valence-corrected chi connectivity index (χ2v) is 6.65. The molecule has 1 aromatic carbocycles. The van der Waals surface area contributed by atoms with Gasteiger partial charge in [0.1, 0.15) is 0 Å². The van der Waals surface area contributed by atoms with Crippen LogP contribution in [0.25, 0.3) is 0 Å². The maximum Gasteiger partial charge on any atom is 0.237 e. The summed E-state index contributed by atoms with van der Waals surface area (Å²) in [4.78, 5) is 13.1. The number of anilines is 1. The number of rotatable bonds is 3. The van der Waals surface area contributed by atoms with E-state index in [4.69, 9.17) is 29.6 Å². The maximum atomic E-state index is 12.8. The van der Waals surface area contributed by atoms with Crippen LogP contribution in [0.15, 0.2) is 18.2 Å². The predicted molar refractivity (Wildman–Crippen MR) is 91.7 cm³/mol. The van der Waals surface area contributed by atoms with E-state index in [-0.39, 0.29) is 5.91 Å². The minimum Gasteiger partial charge on any atom is -0.392 e. The van der Waals surface area contributed by atoms with Crippen LogP contribution >= 0.6 is 23.8 Å². The summed E-state index contributed by atoms with van der Waals surface area (Å²) in [7, 11) is 0. The first kappa shape index (κ1) is 16.2. The number of nitrogens with two attached hydrogens (primary N) is 1. The average Bonchev–Trinajstić information content (AvgIpc) is 2.68. The lowest BCUT2D eigenvalue weighted by molar-refractivity contribution is -0.122. The van der Waals surface area contributed by atoms with Gasteiger partial charge >= 0.3 is 0 Å². The van der Waals surface area contributed by atoms with E-state index in [1.54, 1.807) is 0 Å². The lowest BCUT2D eigenvalue weighted by Crippen LogP contribution is -2.45. The maximum absolute atomic E-state index is 12.8. The van der Waals surface area contributed by atoms with Crippen LogP contribution in [0, 0.1) is 12.3 Å². The van der Waals surface area contributed by atoms with Gasteiger partial charge in [-0.1, -0.05) is 55.6 Å². The molecule has 0 atom stereocenters. The van der Waals surface area contributed by atoms with Crippen molar-refractivity contribution in [2.24, 2.45) is 11.1 Å². The van der Waals surface area contributed by atoms with Gasteiger partial charge in [-0.15, -0.1) is 0 Å². The number of thiocarbonyl (C=S) groups is 1. The molecule has 0 bridgehead atoms. The van der Waals surface area contributed by atoms with Gasteiger partial charge in [0.15, 0.2) is 0 Å². The van der Waals surface area contributed by atoms with Gasteiger partial charge in [0.25, 0.3) is 0 Å². The molecule has 1 saturated carbocycles. The molecule has 1 aliphatic carbocycles. The Hall–Kier alpha value is -1.13. The monoisotopic (exact) mass is 324 g/mol. The Bertz CT molecular complexity index is 551. The summed E-state index contributed by atoms with van der Waals surface area (Å²) in [5, 5.41) is 3.46. The van der Waals surface area contributed by atoms with E-state index in [1.165, 1.54) is 0 Å². The van der Waals surface area contributed by atoms with Crippen molar-refractivity contribution in [2.75, 3.05) is 5.32 Å². The average molecular weight is 325 g/mol. The Morgan fingerprint density at radius 3 is 2.43 bits per heavy atom. The summed E-state index contributed by atoms with van der Waals surface area (Å²) in [5.74, 6) is -0.123. The molecule has 1 aliphatic rings. The van der Waals surface area contributed by atoms with Gasteiger partial charge < -0.3 is 11.1 Å². The Balaban J connectivity index is 2.24. The van der Waals surface area contributed by atoms with Crippen LogP contribution in [-0.2, 0) is 4.79 Å². The molecule has 2 rings (SSSR count). The van der Waals surface area contributed by atoms with E-state index >= 15 is 0 Å². The first-order chi connectivity index (χ1) is 9.95. The van der Waals surface area contributed by atoms with Gasteiger partial charge in [0.05, 0.1) is 21.1 Å². The van der Waals surface area contributed by atoms with Crippen LogP contribution in [0.4, 0.5) is 5.69 Å². The number of halogens is 1. The molecule has 0 saturated heterocycles. The highest BCUT2D eigenvalue weighted by molar-refractivity contribution is 7.80. The zero-order chi connectivity index (χ0) is 15.5. The number of hydrogen-bond acceptors (Lipinski definition) is 2. The molecule has 3 N–H and O–H groups in total. The summed E-state index contributed by atoms with van der Waals surface area (Å²) in [6.45, 7) is 1.96. The second-order valence-electron chi connectivity index (χ2n) is 5.80. The molecule has 1 fully saturated rings. The van der Waals surface area contributed by atoms with Crippen molar-refractivity contribution in [1.82, 2.24) is 0 Å². The van der Waals surface area contributed by atoms with Crippen LogP contribution in [0.3, 0.4) is 0 Å². The number of amides is 1. The Labute approximate surface area is 136 Å². The number of benzene rings is 1. The fourth-order valence-electron chi connectivity index (χ4n) is 2.88.